The fourth-order valence-electron chi connectivity index (χ4n) is 3.46. The maximum atomic E-state index is 12.8. The van der Waals surface area contributed by atoms with Gasteiger partial charge in [0.25, 0.3) is 0 Å². The van der Waals surface area contributed by atoms with E-state index < -0.39 is 17.7 Å². The largest absolute Gasteiger partial charge is 0.444 e. The van der Waals surface area contributed by atoms with Crippen molar-refractivity contribution in [2.75, 3.05) is 22.5 Å². The first-order chi connectivity index (χ1) is 15.0. The van der Waals surface area contributed by atoms with E-state index >= 15 is 0 Å². The van der Waals surface area contributed by atoms with Gasteiger partial charge in [0.1, 0.15) is 23.3 Å². The van der Waals surface area contributed by atoms with Crippen LogP contribution in [0.4, 0.5) is 22.1 Å². The zero-order valence-electron chi connectivity index (χ0n) is 19.4. The Balaban J connectivity index is 1.59. The van der Waals surface area contributed by atoms with Crippen LogP contribution in [0.2, 0.25) is 0 Å². The molecule has 0 spiro atoms. The molecule has 1 aromatic carbocycles. The molecule has 2 amide bonds. The van der Waals surface area contributed by atoms with Gasteiger partial charge < -0.3 is 26.0 Å². The lowest BCUT2D eigenvalue weighted by Gasteiger charge is -2.25. The van der Waals surface area contributed by atoms with Gasteiger partial charge in [-0.1, -0.05) is 38.1 Å². The first-order valence-corrected chi connectivity index (χ1v) is 10.9. The maximum absolute atomic E-state index is 12.8. The first kappa shape index (κ1) is 23.4. The molecule has 3 rings (SSSR count). The van der Waals surface area contributed by atoms with E-state index in [1.165, 1.54) is 5.69 Å². The van der Waals surface area contributed by atoms with E-state index in [0.29, 0.717) is 17.7 Å². The third-order valence-corrected chi connectivity index (χ3v) is 5.14. The molecule has 1 aliphatic heterocycles. The number of hydrogen-bond donors (Lipinski definition) is 3. The number of carbonyl (C=O) groups excluding carboxylic acids is 2. The highest BCUT2D eigenvalue weighted by Gasteiger charge is 2.34. The van der Waals surface area contributed by atoms with Gasteiger partial charge in [0.05, 0.1) is 6.04 Å². The Labute approximate surface area is 189 Å². The summed E-state index contributed by atoms with van der Waals surface area (Å²) in [4.78, 5) is 31.5. The summed E-state index contributed by atoms with van der Waals surface area (Å²) in [7, 11) is 0. The minimum atomic E-state index is -0.765. The Hall–Kier alpha value is -3.29. The molecule has 0 aliphatic carbocycles. The number of nitrogens with zero attached hydrogens (tertiary/aromatic N) is 2. The SMILES string of the molecule is CC(C)C(NC(=O)OC(C)(C)C)C(=O)Nc1ccc(CC2CN2c2ccccc2)c(N)n1. The Morgan fingerprint density at radius 3 is 2.47 bits per heavy atom. The van der Waals surface area contributed by atoms with E-state index in [2.05, 4.69) is 32.7 Å². The molecule has 8 heteroatoms. The molecule has 8 nitrogen and oxygen atoms in total. The topological polar surface area (TPSA) is 109 Å². The van der Waals surface area contributed by atoms with Crippen molar-refractivity contribution in [3.63, 3.8) is 0 Å². The molecule has 2 heterocycles. The van der Waals surface area contributed by atoms with Gasteiger partial charge in [-0.05, 0) is 56.9 Å². The minimum absolute atomic E-state index is 0.141. The van der Waals surface area contributed by atoms with Crippen molar-refractivity contribution >= 4 is 29.3 Å². The molecule has 1 aromatic heterocycles. The number of alkyl carbamates (subject to hydrolysis) is 1. The number of para-hydroxylation sites is 1. The molecule has 2 aromatic rings. The number of hydrogen-bond acceptors (Lipinski definition) is 6. The number of nitrogens with one attached hydrogen (secondary N) is 2. The van der Waals surface area contributed by atoms with E-state index in [1.807, 2.05) is 38.1 Å². The summed E-state index contributed by atoms with van der Waals surface area (Å²) >= 11 is 0. The molecule has 0 bridgehead atoms. The highest BCUT2D eigenvalue weighted by Crippen LogP contribution is 2.31. The standard InChI is InChI=1S/C24H33N5O3/c1-15(2)20(28-23(31)32-24(3,4)5)22(30)27-19-12-11-16(21(25)26-19)13-18-14-29(18)17-9-7-6-8-10-17/h6-12,15,18,20H,13-14H2,1-5H3,(H,28,31)(H3,25,26,27,30). The van der Waals surface area contributed by atoms with Crippen LogP contribution in [0.25, 0.3) is 0 Å². The third-order valence-electron chi connectivity index (χ3n) is 5.14. The molecule has 1 fully saturated rings. The predicted molar refractivity (Wildman–Crippen MR) is 127 cm³/mol. The molecule has 4 N–H and O–H groups in total. The van der Waals surface area contributed by atoms with Crippen LogP contribution >= 0.6 is 0 Å². The predicted octanol–water partition coefficient (Wildman–Crippen LogP) is 3.58. The normalized spacial score (nSPS) is 16.4. The zero-order chi connectivity index (χ0) is 23.5. The van der Waals surface area contributed by atoms with Crippen molar-refractivity contribution < 1.29 is 14.3 Å². The molecular weight excluding hydrogens is 406 g/mol. The highest BCUT2D eigenvalue weighted by atomic mass is 16.6. The number of rotatable bonds is 7. The van der Waals surface area contributed by atoms with Crippen molar-refractivity contribution in [2.45, 2.75) is 58.7 Å². The Morgan fingerprint density at radius 1 is 1.19 bits per heavy atom. The number of anilines is 3. The van der Waals surface area contributed by atoms with Crippen molar-refractivity contribution in [1.82, 2.24) is 10.3 Å². The van der Waals surface area contributed by atoms with Gasteiger partial charge in [-0.2, -0.15) is 0 Å². The lowest BCUT2D eigenvalue weighted by molar-refractivity contribution is -0.119. The summed E-state index contributed by atoms with van der Waals surface area (Å²) in [5, 5.41) is 5.39. The second kappa shape index (κ2) is 9.46. The second-order valence-electron chi connectivity index (χ2n) is 9.44. The number of pyridine rings is 1. The average molecular weight is 440 g/mol. The van der Waals surface area contributed by atoms with E-state index in [4.69, 9.17) is 10.5 Å². The molecule has 2 atom stereocenters. The zero-order valence-corrected chi connectivity index (χ0v) is 19.4. The average Bonchev–Trinajstić information content (AvgIpc) is 3.46. The van der Waals surface area contributed by atoms with Crippen LogP contribution in [0.15, 0.2) is 42.5 Å². The van der Waals surface area contributed by atoms with Crippen molar-refractivity contribution in [1.29, 1.82) is 0 Å². The van der Waals surface area contributed by atoms with E-state index in [1.54, 1.807) is 26.8 Å². The van der Waals surface area contributed by atoms with Gasteiger partial charge in [0, 0.05) is 12.2 Å². The number of nitrogen functional groups attached to an aromatic ring is 1. The second-order valence-corrected chi connectivity index (χ2v) is 9.44. The van der Waals surface area contributed by atoms with Crippen LogP contribution < -0.4 is 21.3 Å². The van der Waals surface area contributed by atoms with Crippen molar-refractivity contribution in [3.05, 3.63) is 48.0 Å². The number of amides is 2. The highest BCUT2D eigenvalue weighted by molar-refractivity contribution is 5.96. The summed E-state index contributed by atoms with van der Waals surface area (Å²) in [6.07, 6.45) is 0.151. The lowest BCUT2D eigenvalue weighted by atomic mass is 10.0. The van der Waals surface area contributed by atoms with Crippen molar-refractivity contribution in [3.8, 4) is 0 Å². The number of nitrogens with two attached hydrogens (primary N) is 1. The number of aromatic nitrogens is 1. The smallest absolute Gasteiger partial charge is 0.408 e. The first-order valence-electron chi connectivity index (χ1n) is 10.9. The van der Waals surface area contributed by atoms with Crippen molar-refractivity contribution in [2.24, 2.45) is 5.92 Å². The lowest BCUT2D eigenvalue weighted by Crippen LogP contribution is -2.48. The number of carbonyl (C=O) groups is 2. The molecule has 0 saturated carbocycles. The van der Waals surface area contributed by atoms with Crippen LogP contribution in [0.1, 0.15) is 40.2 Å². The molecule has 0 radical (unpaired) electrons. The number of benzene rings is 1. The van der Waals surface area contributed by atoms with E-state index in [0.717, 1.165) is 18.5 Å². The summed E-state index contributed by atoms with van der Waals surface area (Å²) in [5.74, 6) is 0.230. The van der Waals surface area contributed by atoms with E-state index in [-0.39, 0.29) is 11.8 Å². The summed E-state index contributed by atoms with van der Waals surface area (Å²) in [5.41, 5.74) is 7.67. The fraction of sp³-hybridized carbons (Fsp3) is 0.458. The van der Waals surface area contributed by atoms with Crippen LogP contribution in [0.3, 0.4) is 0 Å². The maximum Gasteiger partial charge on any atom is 0.408 e. The molecule has 32 heavy (non-hydrogen) atoms. The fourth-order valence-corrected chi connectivity index (χ4v) is 3.46. The Bertz CT molecular complexity index is 956. The van der Waals surface area contributed by atoms with Gasteiger partial charge in [0.15, 0.2) is 0 Å². The molecule has 172 valence electrons. The van der Waals surface area contributed by atoms with Gasteiger partial charge in [-0.25, -0.2) is 9.78 Å². The summed E-state index contributed by atoms with van der Waals surface area (Å²) in [6.45, 7) is 9.99. The molecule has 1 aliphatic rings. The molecule has 2 unspecified atom stereocenters. The van der Waals surface area contributed by atoms with Gasteiger partial charge in [-0.3, -0.25) is 4.79 Å². The summed E-state index contributed by atoms with van der Waals surface area (Å²) in [6, 6.07) is 13.5. The Kier molecular flexibility index (Phi) is 6.91. The van der Waals surface area contributed by atoms with Gasteiger partial charge in [-0.15, -0.1) is 0 Å². The Morgan fingerprint density at radius 2 is 1.88 bits per heavy atom. The summed E-state index contributed by atoms with van der Waals surface area (Å²) < 4.78 is 5.27. The number of ether oxygens (including phenoxy) is 1. The van der Waals surface area contributed by atoms with Crippen LogP contribution in [-0.4, -0.2) is 41.2 Å². The monoisotopic (exact) mass is 439 g/mol. The van der Waals surface area contributed by atoms with E-state index in [9.17, 15) is 9.59 Å². The van der Waals surface area contributed by atoms with Gasteiger partial charge >= 0.3 is 6.09 Å². The quantitative estimate of drug-likeness (QED) is 0.569. The molecule has 1 saturated heterocycles. The van der Waals surface area contributed by atoms with Crippen LogP contribution in [0, 0.1) is 5.92 Å². The van der Waals surface area contributed by atoms with Gasteiger partial charge in [0.2, 0.25) is 5.91 Å². The van der Waals surface area contributed by atoms with Crippen LogP contribution in [0.5, 0.6) is 0 Å². The van der Waals surface area contributed by atoms with Crippen LogP contribution in [-0.2, 0) is 16.0 Å². The third kappa shape index (κ3) is 6.35. The molecular formula is C24H33N5O3. The minimum Gasteiger partial charge on any atom is -0.444 e.